The lowest BCUT2D eigenvalue weighted by atomic mass is 9.64. The van der Waals surface area contributed by atoms with Gasteiger partial charge in [0.2, 0.25) is 0 Å². The molecule has 0 N–H and O–H groups in total. The first-order valence-electron chi connectivity index (χ1n) is 5.62. The van der Waals surface area contributed by atoms with Crippen LogP contribution >= 0.6 is 0 Å². The summed E-state index contributed by atoms with van der Waals surface area (Å²) in [5, 5.41) is 0. The smallest absolute Gasteiger partial charge is 0.0298 e. The van der Waals surface area contributed by atoms with E-state index in [1.807, 2.05) is 0 Å². The van der Waals surface area contributed by atoms with Crippen molar-refractivity contribution in [3.63, 3.8) is 0 Å². The standard InChI is InChI=1S/C12H24/c1-5-12(6-2)8-10(3)7-11(4)9-12/h10-11H,5-9H2,1-4H3. The zero-order chi connectivity index (χ0) is 9.19. The van der Waals surface area contributed by atoms with E-state index in [4.69, 9.17) is 0 Å². The van der Waals surface area contributed by atoms with Crippen molar-refractivity contribution in [2.75, 3.05) is 0 Å². The molecule has 1 rings (SSSR count). The van der Waals surface area contributed by atoms with Crippen molar-refractivity contribution >= 4 is 0 Å². The summed E-state index contributed by atoms with van der Waals surface area (Å²) in [7, 11) is 0. The Hall–Kier alpha value is 0. The first kappa shape index (κ1) is 10.1. The Balaban J connectivity index is 2.62. The van der Waals surface area contributed by atoms with Crippen LogP contribution in [0.15, 0.2) is 0 Å². The summed E-state index contributed by atoms with van der Waals surface area (Å²) in [6.07, 6.45) is 7.19. The lowest BCUT2D eigenvalue weighted by Crippen LogP contribution is -2.30. The van der Waals surface area contributed by atoms with Crippen molar-refractivity contribution < 1.29 is 0 Å². The van der Waals surface area contributed by atoms with Crippen LogP contribution in [-0.4, -0.2) is 0 Å². The zero-order valence-corrected chi connectivity index (χ0v) is 9.19. The van der Waals surface area contributed by atoms with Gasteiger partial charge in [0.05, 0.1) is 0 Å². The maximum Gasteiger partial charge on any atom is -0.0298 e. The van der Waals surface area contributed by atoms with Gasteiger partial charge in [-0.2, -0.15) is 0 Å². The van der Waals surface area contributed by atoms with Gasteiger partial charge in [-0.15, -0.1) is 0 Å². The Labute approximate surface area is 77.7 Å². The highest BCUT2D eigenvalue weighted by atomic mass is 14.4. The second-order valence-electron chi connectivity index (χ2n) is 5.06. The zero-order valence-electron chi connectivity index (χ0n) is 9.19. The van der Waals surface area contributed by atoms with Gasteiger partial charge in [-0.3, -0.25) is 0 Å². The summed E-state index contributed by atoms with van der Waals surface area (Å²) in [4.78, 5) is 0. The molecule has 1 saturated carbocycles. The molecule has 1 aliphatic carbocycles. The van der Waals surface area contributed by atoms with Crippen molar-refractivity contribution in [2.45, 2.75) is 59.8 Å². The van der Waals surface area contributed by atoms with E-state index < -0.39 is 0 Å². The molecule has 0 heterocycles. The molecule has 0 aliphatic heterocycles. The summed E-state index contributed by atoms with van der Waals surface area (Å²) in [5.74, 6) is 1.93. The van der Waals surface area contributed by atoms with Gasteiger partial charge in [0.25, 0.3) is 0 Å². The van der Waals surface area contributed by atoms with Crippen LogP contribution in [0.5, 0.6) is 0 Å². The van der Waals surface area contributed by atoms with E-state index in [9.17, 15) is 0 Å². The van der Waals surface area contributed by atoms with Gasteiger partial charge in [0.15, 0.2) is 0 Å². The number of rotatable bonds is 2. The third-order valence-electron chi connectivity index (χ3n) is 3.87. The second-order valence-corrected chi connectivity index (χ2v) is 5.06. The topological polar surface area (TPSA) is 0 Å². The molecule has 2 atom stereocenters. The van der Waals surface area contributed by atoms with Crippen molar-refractivity contribution in [1.82, 2.24) is 0 Å². The molecule has 1 fully saturated rings. The van der Waals surface area contributed by atoms with Crippen molar-refractivity contribution in [3.05, 3.63) is 0 Å². The molecule has 0 radical (unpaired) electrons. The fourth-order valence-corrected chi connectivity index (χ4v) is 3.24. The third-order valence-corrected chi connectivity index (χ3v) is 3.87. The molecule has 0 amide bonds. The second kappa shape index (κ2) is 3.81. The summed E-state index contributed by atoms with van der Waals surface area (Å²) < 4.78 is 0. The highest BCUT2D eigenvalue weighted by Crippen LogP contribution is 2.46. The summed E-state index contributed by atoms with van der Waals surface area (Å²) in [5.41, 5.74) is 0.705. The maximum atomic E-state index is 2.43. The molecular formula is C12H24. The maximum absolute atomic E-state index is 2.43. The summed E-state index contributed by atoms with van der Waals surface area (Å²) >= 11 is 0. The van der Waals surface area contributed by atoms with E-state index in [2.05, 4.69) is 27.7 Å². The molecule has 12 heavy (non-hydrogen) atoms. The molecule has 0 aromatic heterocycles. The molecule has 0 bridgehead atoms. The van der Waals surface area contributed by atoms with Gasteiger partial charge in [-0.05, 0) is 36.5 Å². The van der Waals surface area contributed by atoms with Gasteiger partial charge in [0.1, 0.15) is 0 Å². The Morgan fingerprint density at radius 2 is 1.42 bits per heavy atom. The van der Waals surface area contributed by atoms with Gasteiger partial charge in [-0.25, -0.2) is 0 Å². The van der Waals surface area contributed by atoms with Crippen LogP contribution in [0.4, 0.5) is 0 Å². The molecular weight excluding hydrogens is 144 g/mol. The van der Waals surface area contributed by atoms with E-state index in [0.29, 0.717) is 5.41 Å². The predicted octanol–water partition coefficient (Wildman–Crippen LogP) is 4.25. The molecule has 72 valence electrons. The molecule has 0 aromatic rings. The minimum Gasteiger partial charge on any atom is -0.0649 e. The van der Waals surface area contributed by atoms with Gasteiger partial charge in [-0.1, -0.05) is 40.5 Å². The largest absolute Gasteiger partial charge is 0.0649 e. The normalized spacial score (nSPS) is 35.0. The molecule has 2 unspecified atom stereocenters. The average Bonchev–Trinajstić information content (AvgIpc) is 2.02. The molecule has 0 aromatic carbocycles. The van der Waals surface area contributed by atoms with Crippen LogP contribution < -0.4 is 0 Å². The van der Waals surface area contributed by atoms with Crippen LogP contribution in [-0.2, 0) is 0 Å². The van der Waals surface area contributed by atoms with Gasteiger partial charge >= 0.3 is 0 Å². The Bertz CT molecular complexity index is 121. The Morgan fingerprint density at radius 1 is 1.00 bits per heavy atom. The lowest BCUT2D eigenvalue weighted by Gasteiger charge is -2.42. The van der Waals surface area contributed by atoms with Crippen LogP contribution in [0.2, 0.25) is 0 Å². The first-order chi connectivity index (χ1) is 5.62. The highest BCUT2D eigenvalue weighted by Gasteiger charge is 2.34. The molecule has 0 spiro atoms. The lowest BCUT2D eigenvalue weighted by molar-refractivity contribution is 0.0949. The Morgan fingerprint density at radius 3 is 1.75 bits per heavy atom. The molecule has 0 heteroatoms. The van der Waals surface area contributed by atoms with Crippen LogP contribution in [0.1, 0.15) is 59.8 Å². The van der Waals surface area contributed by atoms with E-state index in [0.717, 1.165) is 11.8 Å². The minimum atomic E-state index is 0.705. The number of hydrogen-bond donors (Lipinski definition) is 0. The third kappa shape index (κ3) is 2.02. The van der Waals surface area contributed by atoms with E-state index in [1.165, 1.54) is 32.1 Å². The molecule has 1 aliphatic rings. The molecule has 0 saturated heterocycles. The monoisotopic (exact) mass is 168 g/mol. The van der Waals surface area contributed by atoms with E-state index in [1.54, 1.807) is 0 Å². The fourth-order valence-electron chi connectivity index (χ4n) is 3.24. The average molecular weight is 168 g/mol. The number of hydrogen-bond acceptors (Lipinski definition) is 0. The van der Waals surface area contributed by atoms with Crippen molar-refractivity contribution in [2.24, 2.45) is 17.3 Å². The van der Waals surface area contributed by atoms with Gasteiger partial charge in [0, 0.05) is 0 Å². The summed E-state index contributed by atoms with van der Waals surface area (Å²) in [6.45, 7) is 9.59. The van der Waals surface area contributed by atoms with E-state index >= 15 is 0 Å². The first-order valence-corrected chi connectivity index (χ1v) is 5.62. The van der Waals surface area contributed by atoms with Crippen LogP contribution in [0, 0.1) is 17.3 Å². The SMILES string of the molecule is CCC1(CC)CC(C)CC(C)C1. The predicted molar refractivity (Wildman–Crippen MR) is 55.2 cm³/mol. The van der Waals surface area contributed by atoms with Crippen molar-refractivity contribution in [3.8, 4) is 0 Å². The molecule has 0 nitrogen and oxygen atoms in total. The van der Waals surface area contributed by atoms with Crippen LogP contribution in [0.3, 0.4) is 0 Å². The fraction of sp³-hybridized carbons (Fsp3) is 1.00. The summed E-state index contributed by atoms with van der Waals surface area (Å²) in [6, 6.07) is 0. The highest BCUT2D eigenvalue weighted by molar-refractivity contribution is 4.85. The van der Waals surface area contributed by atoms with Gasteiger partial charge < -0.3 is 0 Å². The minimum absolute atomic E-state index is 0.705. The Kier molecular flexibility index (Phi) is 3.20. The quantitative estimate of drug-likeness (QED) is 0.578. The van der Waals surface area contributed by atoms with E-state index in [-0.39, 0.29) is 0 Å². The van der Waals surface area contributed by atoms with Crippen LogP contribution in [0.25, 0.3) is 0 Å². The van der Waals surface area contributed by atoms with Crippen molar-refractivity contribution in [1.29, 1.82) is 0 Å².